The summed E-state index contributed by atoms with van der Waals surface area (Å²) in [6, 6.07) is 12.3. The van der Waals surface area contributed by atoms with Crippen molar-refractivity contribution in [2.24, 2.45) is 0 Å². The summed E-state index contributed by atoms with van der Waals surface area (Å²) in [6.45, 7) is 3.98. The third-order valence-corrected chi connectivity index (χ3v) is 4.31. The predicted molar refractivity (Wildman–Crippen MR) is 108 cm³/mol. The minimum absolute atomic E-state index is 0.00424. The number of carbonyl (C=O) groups excluding carboxylic acids is 3. The number of amides is 2. The Balaban J connectivity index is 1.91. The lowest BCUT2D eigenvalue weighted by Crippen LogP contribution is -2.36. The maximum Gasteiger partial charge on any atom is 0.339 e. The Bertz CT molecular complexity index is 880. The lowest BCUT2D eigenvalue weighted by Gasteiger charge is -2.17. The second-order valence-corrected chi connectivity index (χ2v) is 6.55. The molecule has 0 fully saturated rings. The molecule has 148 valence electrons. The molecule has 2 aromatic carbocycles. The molecular formula is C21H25N3O4. The molecule has 2 aromatic rings. The number of rotatable bonds is 7. The maximum atomic E-state index is 12.3. The van der Waals surface area contributed by atoms with Gasteiger partial charge in [-0.15, -0.1) is 0 Å². The Morgan fingerprint density at radius 1 is 0.893 bits per heavy atom. The van der Waals surface area contributed by atoms with Crippen LogP contribution in [0.5, 0.6) is 0 Å². The second kappa shape index (κ2) is 9.66. The normalized spacial score (nSPS) is 10.5. The van der Waals surface area contributed by atoms with E-state index in [1.54, 1.807) is 36.2 Å². The van der Waals surface area contributed by atoms with Gasteiger partial charge < -0.3 is 15.4 Å². The number of hydrogen-bond acceptors (Lipinski definition) is 5. The molecule has 0 bridgehead atoms. The first-order valence-electron chi connectivity index (χ1n) is 8.83. The van der Waals surface area contributed by atoms with Gasteiger partial charge in [0.2, 0.25) is 11.8 Å². The molecule has 0 radical (unpaired) electrons. The van der Waals surface area contributed by atoms with Crippen LogP contribution in [0.25, 0.3) is 0 Å². The Morgan fingerprint density at radius 3 is 2.11 bits per heavy atom. The van der Waals surface area contributed by atoms with Crippen molar-refractivity contribution in [2.75, 3.05) is 37.9 Å². The summed E-state index contributed by atoms with van der Waals surface area (Å²) < 4.78 is 4.71. The zero-order valence-corrected chi connectivity index (χ0v) is 16.5. The molecule has 7 nitrogen and oxygen atoms in total. The van der Waals surface area contributed by atoms with E-state index in [1.807, 2.05) is 32.0 Å². The largest absolute Gasteiger partial charge is 0.465 e. The predicted octanol–water partition coefficient (Wildman–Crippen LogP) is 2.60. The van der Waals surface area contributed by atoms with E-state index in [4.69, 9.17) is 4.74 Å². The highest BCUT2D eigenvalue weighted by molar-refractivity contribution is 6.02. The third-order valence-electron chi connectivity index (χ3n) is 4.31. The number of ether oxygens (including phenoxy) is 1. The van der Waals surface area contributed by atoms with Crippen molar-refractivity contribution in [3.63, 3.8) is 0 Å². The first-order chi connectivity index (χ1) is 13.3. The van der Waals surface area contributed by atoms with E-state index in [9.17, 15) is 14.4 Å². The topological polar surface area (TPSA) is 87.7 Å². The van der Waals surface area contributed by atoms with Gasteiger partial charge in [-0.1, -0.05) is 24.3 Å². The molecule has 0 saturated carbocycles. The first kappa shape index (κ1) is 21.1. The molecule has 0 saturated heterocycles. The van der Waals surface area contributed by atoms with Crippen molar-refractivity contribution in [2.45, 2.75) is 13.8 Å². The average molecular weight is 383 g/mol. The van der Waals surface area contributed by atoms with Gasteiger partial charge in [0.25, 0.3) is 0 Å². The summed E-state index contributed by atoms with van der Waals surface area (Å²) in [7, 11) is 2.96. The number of methoxy groups -OCH3 is 1. The highest BCUT2D eigenvalue weighted by atomic mass is 16.5. The lowest BCUT2D eigenvalue weighted by atomic mass is 10.1. The van der Waals surface area contributed by atoms with Crippen molar-refractivity contribution in [3.05, 3.63) is 59.2 Å². The van der Waals surface area contributed by atoms with Crippen molar-refractivity contribution >= 4 is 29.2 Å². The van der Waals surface area contributed by atoms with Crippen LogP contribution < -0.4 is 10.6 Å². The zero-order valence-electron chi connectivity index (χ0n) is 16.5. The minimum Gasteiger partial charge on any atom is -0.465 e. The van der Waals surface area contributed by atoms with Gasteiger partial charge in [0.1, 0.15) is 0 Å². The Morgan fingerprint density at radius 2 is 1.46 bits per heavy atom. The van der Waals surface area contributed by atoms with Gasteiger partial charge in [-0.25, -0.2) is 4.79 Å². The number of carbonyl (C=O) groups is 3. The van der Waals surface area contributed by atoms with Crippen LogP contribution in [0.1, 0.15) is 21.5 Å². The Labute approximate surface area is 164 Å². The van der Waals surface area contributed by atoms with Crippen molar-refractivity contribution < 1.29 is 19.1 Å². The van der Waals surface area contributed by atoms with Crippen LogP contribution in [0.3, 0.4) is 0 Å². The van der Waals surface area contributed by atoms with Crippen LogP contribution in [0.2, 0.25) is 0 Å². The van der Waals surface area contributed by atoms with Crippen LogP contribution in [0, 0.1) is 13.8 Å². The standard InChI is InChI=1S/C21H25N3O4/c1-14-8-7-11-17(15(14)2)22-19(25)12-24(3)13-20(26)23-18-10-6-5-9-16(18)21(27)28-4/h5-11H,12-13H2,1-4H3,(H,22,25)(H,23,26). The number of benzene rings is 2. The zero-order chi connectivity index (χ0) is 20.7. The molecule has 0 aromatic heterocycles. The van der Waals surface area contributed by atoms with Gasteiger partial charge in [0.05, 0.1) is 31.5 Å². The summed E-state index contributed by atoms with van der Waals surface area (Å²) in [6.07, 6.45) is 0. The molecule has 7 heteroatoms. The van der Waals surface area contributed by atoms with Gasteiger partial charge in [-0.05, 0) is 50.2 Å². The molecule has 0 atom stereocenters. The maximum absolute atomic E-state index is 12.3. The van der Waals surface area contributed by atoms with Crippen LogP contribution >= 0.6 is 0 Å². The van der Waals surface area contributed by atoms with E-state index in [0.717, 1.165) is 16.8 Å². The SMILES string of the molecule is COC(=O)c1ccccc1NC(=O)CN(C)CC(=O)Nc1cccc(C)c1C. The first-order valence-corrected chi connectivity index (χ1v) is 8.83. The second-order valence-electron chi connectivity index (χ2n) is 6.55. The molecule has 0 heterocycles. The molecule has 2 amide bonds. The van der Waals surface area contributed by atoms with Crippen LogP contribution in [-0.4, -0.2) is 49.9 Å². The molecule has 0 aliphatic heterocycles. The Hall–Kier alpha value is -3.19. The van der Waals surface area contributed by atoms with Crippen molar-refractivity contribution in [1.82, 2.24) is 4.90 Å². The van der Waals surface area contributed by atoms with Crippen LogP contribution in [-0.2, 0) is 14.3 Å². The number of anilines is 2. The van der Waals surface area contributed by atoms with Gasteiger partial charge in [-0.2, -0.15) is 0 Å². The van der Waals surface area contributed by atoms with E-state index in [-0.39, 0.29) is 30.5 Å². The van der Waals surface area contributed by atoms with Crippen LogP contribution in [0.4, 0.5) is 11.4 Å². The van der Waals surface area contributed by atoms with Gasteiger partial charge in [-0.3, -0.25) is 14.5 Å². The molecule has 28 heavy (non-hydrogen) atoms. The third kappa shape index (κ3) is 5.65. The summed E-state index contributed by atoms with van der Waals surface area (Å²) in [5, 5.41) is 5.55. The van der Waals surface area contributed by atoms with E-state index in [0.29, 0.717) is 5.69 Å². The van der Waals surface area contributed by atoms with E-state index in [1.165, 1.54) is 7.11 Å². The number of aryl methyl sites for hydroxylation is 1. The fraction of sp³-hybridized carbons (Fsp3) is 0.286. The number of para-hydroxylation sites is 1. The molecular weight excluding hydrogens is 358 g/mol. The van der Waals surface area contributed by atoms with E-state index < -0.39 is 5.97 Å². The highest BCUT2D eigenvalue weighted by Gasteiger charge is 2.16. The fourth-order valence-corrected chi connectivity index (χ4v) is 2.69. The number of nitrogens with zero attached hydrogens (tertiary/aromatic N) is 1. The summed E-state index contributed by atoms with van der Waals surface area (Å²) in [5.41, 5.74) is 3.50. The molecule has 0 spiro atoms. The van der Waals surface area contributed by atoms with E-state index in [2.05, 4.69) is 10.6 Å². The minimum atomic E-state index is -0.530. The number of nitrogens with one attached hydrogen (secondary N) is 2. The molecule has 2 N–H and O–H groups in total. The summed E-state index contributed by atoms with van der Waals surface area (Å²) in [4.78, 5) is 37.9. The number of hydrogen-bond donors (Lipinski definition) is 2. The van der Waals surface area contributed by atoms with Gasteiger partial charge in [0.15, 0.2) is 0 Å². The smallest absolute Gasteiger partial charge is 0.339 e. The van der Waals surface area contributed by atoms with E-state index >= 15 is 0 Å². The lowest BCUT2D eigenvalue weighted by molar-refractivity contribution is -0.119. The summed E-state index contributed by atoms with van der Waals surface area (Å²) >= 11 is 0. The fourth-order valence-electron chi connectivity index (χ4n) is 2.69. The quantitative estimate of drug-likeness (QED) is 0.718. The van der Waals surface area contributed by atoms with Gasteiger partial charge >= 0.3 is 5.97 Å². The molecule has 2 rings (SSSR count). The Kier molecular flexibility index (Phi) is 7.28. The molecule has 0 aliphatic rings. The highest BCUT2D eigenvalue weighted by Crippen LogP contribution is 2.18. The monoisotopic (exact) mass is 383 g/mol. The number of esters is 1. The van der Waals surface area contributed by atoms with Crippen molar-refractivity contribution in [3.8, 4) is 0 Å². The van der Waals surface area contributed by atoms with Crippen molar-refractivity contribution in [1.29, 1.82) is 0 Å². The number of likely N-dealkylation sites (N-methyl/N-ethyl adjacent to an activating group) is 1. The molecule has 0 unspecified atom stereocenters. The van der Waals surface area contributed by atoms with Gasteiger partial charge in [0, 0.05) is 5.69 Å². The van der Waals surface area contributed by atoms with Crippen LogP contribution in [0.15, 0.2) is 42.5 Å². The average Bonchev–Trinajstić information content (AvgIpc) is 2.65. The molecule has 0 aliphatic carbocycles. The summed E-state index contributed by atoms with van der Waals surface area (Å²) in [5.74, 6) is -1.07.